The molecule has 0 unspecified atom stereocenters. The lowest BCUT2D eigenvalue weighted by Crippen LogP contribution is -2.06. The molecule has 0 aliphatic rings. The number of benzene rings is 1. The lowest BCUT2D eigenvalue weighted by Gasteiger charge is -2.08. The van der Waals surface area contributed by atoms with Crippen LogP contribution < -0.4 is 0 Å². The number of nitrogens with zero attached hydrogens (tertiary/aromatic N) is 1. The van der Waals surface area contributed by atoms with Gasteiger partial charge in [0.1, 0.15) is 0 Å². The molecule has 0 fully saturated rings. The lowest BCUT2D eigenvalue weighted by molar-refractivity contribution is -0.496. The van der Waals surface area contributed by atoms with Gasteiger partial charge in [0.15, 0.2) is 0 Å². The van der Waals surface area contributed by atoms with Crippen LogP contribution in [0.3, 0.4) is 0 Å². The van der Waals surface area contributed by atoms with Crippen molar-refractivity contribution in [3.05, 3.63) is 38.4 Å². The van der Waals surface area contributed by atoms with E-state index in [1.165, 1.54) is 31.0 Å². The molecule has 0 N–H and O–H groups in total. The SMILES string of the molecule is COC(=O)c1cc(C[N+](=O)[O-])c(Cl)cc1SC. The van der Waals surface area contributed by atoms with E-state index in [9.17, 15) is 14.9 Å². The first kappa shape index (κ1) is 13.8. The Hall–Kier alpha value is -1.27. The fourth-order valence-corrected chi connectivity index (χ4v) is 2.18. The number of halogens is 1. The maximum Gasteiger partial charge on any atom is 0.339 e. The maximum atomic E-state index is 11.5. The molecular weight excluding hydrogens is 266 g/mol. The highest BCUT2D eigenvalue weighted by Crippen LogP contribution is 2.28. The van der Waals surface area contributed by atoms with Gasteiger partial charge in [0.05, 0.1) is 17.7 Å². The smallest absolute Gasteiger partial charge is 0.339 e. The van der Waals surface area contributed by atoms with E-state index in [2.05, 4.69) is 4.74 Å². The zero-order valence-electron chi connectivity index (χ0n) is 9.23. The second-order valence-electron chi connectivity index (χ2n) is 3.13. The Bertz CT molecular complexity index is 464. The Morgan fingerprint density at radius 2 is 2.24 bits per heavy atom. The average molecular weight is 276 g/mol. The molecule has 1 rings (SSSR count). The molecule has 5 nitrogen and oxygen atoms in total. The van der Waals surface area contributed by atoms with E-state index in [0.717, 1.165) is 0 Å². The van der Waals surface area contributed by atoms with Gasteiger partial charge in [-0.1, -0.05) is 11.6 Å². The fourth-order valence-electron chi connectivity index (χ4n) is 1.30. The number of ether oxygens (including phenoxy) is 1. The monoisotopic (exact) mass is 275 g/mol. The molecular formula is C10H10ClNO4S. The summed E-state index contributed by atoms with van der Waals surface area (Å²) in [5.74, 6) is -0.532. The van der Waals surface area contributed by atoms with E-state index in [-0.39, 0.29) is 5.02 Å². The van der Waals surface area contributed by atoms with Gasteiger partial charge in [0, 0.05) is 15.4 Å². The molecule has 0 amide bonds. The number of methoxy groups -OCH3 is 1. The Morgan fingerprint density at radius 3 is 2.71 bits per heavy atom. The minimum atomic E-state index is -0.532. The molecule has 0 heterocycles. The lowest BCUT2D eigenvalue weighted by atomic mass is 10.1. The minimum absolute atomic E-state index is 0.277. The van der Waals surface area contributed by atoms with Gasteiger partial charge >= 0.3 is 5.97 Å². The second-order valence-corrected chi connectivity index (χ2v) is 4.38. The van der Waals surface area contributed by atoms with Gasteiger partial charge in [0.25, 0.3) is 0 Å². The van der Waals surface area contributed by atoms with Crippen molar-refractivity contribution in [2.24, 2.45) is 0 Å². The molecule has 17 heavy (non-hydrogen) atoms. The summed E-state index contributed by atoms with van der Waals surface area (Å²) in [5.41, 5.74) is 0.594. The topological polar surface area (TPSA) is 69.4 Å². The third-order valence-corrected chi connectivity index (χ3v) is 3.20. The van der Waals surface area contributed by atoms with Crippen LogP contribution in [-0.2, 0) is 11.3 Å². The molecule has 0 aromatic heterocycles. The summed E-state index contributed by atoms with van der Waals surface area (Å²) in [6.45, 7) is -0.419. The summed E-state index contributed by atoms with van der Waals surface area (Å²) in [6, 6.07) is 2.94. The van der Waals surface area contributed by atoms with Crippen molar-refractivity contribution in [1.82, 2.24) is 0 Å². The molecule has 0 spiro atoms. The van der Waals surface area contributed by atoms with E-state index in [0.29, 0.717) is 16.0 Å². The molecule has 0 bridgehead atoms. The first-order valence-electron chi connectivity index (χ1n) is 4.56. The number of hydrogen-bond donors (Lipinski definition) is 0. The molecule has 0 saturated carbocycles. The number of hydrogen-bond acceptors (Lipinski definition) is 5. The third-order valence-electron chi connectivity index (χ3n) is 2.07. The highest BCUT2D eigenvalue weighted by molar-refractivity contribution is 7.98. The number of rotatable bonds is 4. The van der Waals surface area contributed by atoms with Gasteiger partial charge in [-0.25, -0.2) is 4.79 Å². The molecule has 1 aromatic rings. The molecule has 0 radical (unpaired) electrons. The fraction of sp³-hybridized carbons (Fsp3) is 0.300. The van der Waals surface area contributed by atoms with Gasteiger partial charge in [-0.2, -0.15) is 0 Å². The number of carbonyl (C=O) groups excluding carboxylic acids is 1. The van der Waals surface area contributed by atoms with Crippen molar-refractivity contribution in [2.75, 3.05) is 13.4 Å². The summed E-state index contributed by atoms with van der Waals surface area (Å²) in [7, 11) is 1.26. The summed E-state index contributed by atoms with van der Waals surface area (Å²) in [4.78, 5) is 22.1. The standard InChI is InChI=1S/C10H10ClNO4S/c1-16-10(13)7-3-6(5-12(14)15)8(11)4-9(7)17-2/h3-4H,5H2,1-2H3. The van der Waals surface area contributed by atoms with Crippen LogP contribution in [0.1, 0.15) is 15.9 Å². The molecule has 0 saturated heterocycles. The number of nitro groups is 1. The van der Waals surface area contributed by atoms with Crippen LogP contribution in [0.2, 0.25) is 5.02 Å². The zero-order valence-corrected chi connectivity index (χ0v) is 10.8. The summed E-state index contributed by atoms with van der Waals surface area (Å²) in [6.07, 6.45) is 1.78. The molecule has 92 valence electrons. The first-order chi connectivity index (χ1) is 7.99. The Kier molecular flexibility index (Phi) is 4.77. The summed E-state index contributed by atoms with van der Waals surface area (Å²) >= 11 is 7.23. The number of carbonyl (C=O) groups is 1. The molecule has 1 aromatic carbocycles. The Balaban J connectivity index is 3.26. The van der Waals surface area contributed by atoms with Crippen molar-refractivity contribution < 1.29 is 14.5 Å². The van der Waals surface area contributed by atoms with E-state index < -0.39 is 17.4 Å². The maximum absolute atomic E-state index is 11.5. The Morgan fingerprint density at radius 1 is 1.59 bits per heavy atom. The predicted octanol–water partition coefficient (Wildman–Crippen LogP) is 2.63. The van der Waals surface area contributed by atoms with Crippen molar-refractivity contribution in [1.29, 1.82) is 0 Å². The van der Waals surface area contributed by atoms with Crippen LogP contribution in [0.25, 0.3) is 0 Å². The van der Waals surface area contributed by atoms with E-state index in [1.807, 2.05) is 0 Å². The van der Waals surface area contributed by atoms with Gasteiger partial charge in [0.2, 0.25) is 6.54 Å². The quantitative estimate of drug-likeness (QED) is 0.366. The third kappa shape index (κ3) is 3.34. The van der Waals surface area contributed by atoms with Gasteiger partial charge in [-0.05, 0) is 18.4 Å². The van der Waals surface area contributed by atoms with Gasteiger partial charge in [-0.15, -0.1) is 11.8 Å². The van der Waals surface area contributed by atoms with Crippen LogP contribution in [0.4, 0.5) is 0 Å². The molecule has 0 aliphatic heterocycles. The summed E-state index contributed by atoms with van der Waals surface area (Å²) < 4.78 is 4.61. The normalized spacial score (nSPS) is 10.1. The average Bonchev–Trinajstić information content (AvgIpc) is 2.29. The van der Waals surface area contributed by atoms with Crippen LogP contribution in [0, 0.1) is 10.1 Å². The highest BCUT2D eigenvalue weighted by Gasteiger charge is 2.17. The van der Waals surface area contributed by atoms with Crippen LogP contribution >= 0.6 is 23.4 Å². The number of thioether (sulfide) groups is 1. The van der Waals surface area contributed by atoms with E-state index in [1.54, 1.807) is 6.26 Å². The number of esters is 1. The van der Waals surface area contributed by atoms with Crippen molar-refractivity contribution in [2.45, 2.75) is 11.4 Å². The van der Waals surface area contributed by atoms with Crippen LogP contribution in [-0.4, -0.2) is 24.3 Å². The van der Waals surface area contributed by atoms with Gasteiger partial charge in [-0.3, -0.25) is 10.1 Å². The highest BCUT2D eigenvalue weighted by atomic mass is 35.5. The zero-order chi connectivity index (χ0) is 13.0. The van der Waals surface area contributed by atoms with Crippen LogP contribution in [0.5, 0.6) is 0 Å². The predicted molar refractivity (Wildman–Crippen MR) is 65.3 cm³/mol. The second kappa shape index (κ2) is 5.88. The van der Waals surface area contributed by atoms with Gasteiger partial charge < -0.3 is 4.74 Å². The van der Waals surface area contributed by atoms with Crippen LogP contribution in [0.15, 0.2) is 17.0 Å². The Labute approximate surface area is 107 Å². The largest absolute Gasteiger partial charge is 0.465 e. The van der Waals surface area contributed by atoms with Crippen molar-refractivity contribution in [3.63, 3.8) is 0 Å². The van der Waals surface area contributed by atoms with Crippen molar-refractivity contribution >= 4 is 29.3 Å². The van der Waals surface area contributed by atoms with Crippen molar-refractivity contribution in [3.8, 4) is 0 Å². The minimum Gasteiger partial charge on any atom is -0.465 e. The van der Waals surface area contributed by atoms with E-state index >= 15 is 0 Å². The summed E-state index contributed by atoms with van der Waals surface area (Å²) in [5, 5.41) is 10.7. The molecule has 7 heteroatoms. The molecule has 0 aliphatic carbocycles. The first-order valence-corrected chi connectivity index (χ1v) is 6.16. The molecule has 0 atom stereocenters. The van der Waals surface area contributed by atoms with E-state index in [4.69, 9.17) is 11.6 Å².